The molecule has 0 fully saturated rings. The molecule has 4 aromatic rings. The summed E-state index contributed by atoms with van der Waals surface area (Å²) in [6.45, 7) is 5.18. The van der Waals surface area contributed by atoms with Crippen molar-refractivity contribution in [3.05, 3.63) is 100 Å². The molecule has 0 aliphatic rings. The smallest absolute Gasteiger partial charge is 0.251 e. The van der Waals surface area contributed by atoms with E-state index in [1.54, 1.807) is 19.2 Å². The van der Waals surface area contributed by atoms with Gasteiger partial charge < -0.3 is 14.6 Å². The lowest BCUT2D eigenvalue weighted by Gasteiger charge is -2.10. The fourth-order valence-corrected chi connectivity index (χ4v) is 3.89. The largest absolute Gasteiger partial charge is 0.496 e. The Morgan fingerprint density at radius 1 is 1.03 bits per heavy atom. The standard InChI is InChI=1S/C26H25FN2O2/c1-17-18(2)29(16-19-8-11-22(27)12-9-19)24-13-10-20(14-23(17)24)26(30)28-15-21-6-4-5-7-25(21)31-3/h4-14H,15-16H2,1-3H3,(H,28,30). The maximum atomic E-state index is 13.2. The van der Waals surface area contributed by atoms with Gasteiger partial charge in [0.25, 0.3) is 5.91 Å². The highest BCUT2D eigenvalue weighted by molar-refractivity contribution is 5.99. The van der Waals surface area contributed by atoms with E-state index in [1.165, 1.54) is 12.1 Å². The summed E-state index contributed by atoms with van der Waals surface area (Å²) in [6, 6.07) is 20.0. The first kappa shape index (κ1) is 20.7. The zero-order valence-corrected chi connectivity index (χ0v) is 17.9. The molecule has 31 heavy (non-hydrogen) atoms. The van der Waals surface area contributed by atoms with Crippen LogP contribution in [-0.2, 0) is 13.1 Å². The van der Waals surface area contributed by atoms with Gasteiger partial charge in [-0.25, -0.2) is 4.39 Å². The number of ether oxygens (including phenoxy) is 1. The summed E-state index contributed by atoms with van der Waals surface area (Å²) in [7, 11) is 1.62. The number of halogens is 1. The van der Waals surface area contributed by atoms with Crippen molar-refractivity contribution in [2.45, 2.75) is 26.9 Å². The number of methoxy groups -OCH3 is 1. The van der Waals surface area contributed by atoms with E-state index in [0.717, 1.165) is 39.0 Å². The van der Waals surface area contributed by atoms with E-state index >= 15 is 0 Å². The van der Waals surface area contributed by atoms with Crippen LogP contribution in [0.1, 0.15) is 32.7 Å². The molecule has 0 aliphatic carbocycles. The SMILES string of the molecule is COc1ccccc1CNC(=O)c1ccc2c(c1)c(C)c(C)n2Cc1ccc(F)cc1. The molecule has 1 aromatic heterocycles. The van der Waals surface area contributed by atoms with Crippen LogP contribution in [0, 0.1) is 19.7 Å². The second-order valence-electron chi connectivity index (χ2n) is 7.65. The van der Waals surface area contributed by atoms with Crippen molar-refractivity contribution in [2.24, 2.45) is 0 Å². The second kappa shape index (κ2) is 8.64. The Bertz CT molecular complexity index is 1240. The fourth-order valence-electron chi connectivity index (χ4n) is 3.89. The van der Waals surface area contributed by atoms with E-state index in [-0.39, 0.29) is 11.7 Å². The summed E-state index contributed by atoms with van der Waals surface area (Å²) in [5, 5.41) is 4.03. The van der Waals surface area contributed by atoms with Crippen LogP contribution < -0.4 is 10.1 Å². The molecule has 0 unspecified atom stereocenters. The summed E-state index contributed by atoms with van der Waals surface area (Å²) in [4.78, 5) is 12.8. The minimum Gasteiger partial charge on any atom is -0.496 e. The van der Waals surface area contributed by atoms with Crippen molar-refractivity contribution in [3.8, 4) is 5.75 Å². The number of aryl methyl sites for hydroxylation is 1. The summed E-state index contributed by atoms with van der Waals surface area (Å²) >= 11 is 0. The number of fused-ring (bicyclic) bond motifs is 1. The van der Waals surface area contributed by atoms with Crippen LogP contribution in [0.15, 0.2) is 66.7 Å². The van der Waals surface area contributed by atoms with Crippen LogP contribution in [0.25, 0.3) is 10.9 Å². The van der Waals surface area contributed by atoms with Gasteiger partial charge in [-0.3, -0.25) is 4.79 Å². The van der Waals surface area contributed by atoms with Gasteiger partial charge in [0.05, 0.1) is 7.11 Å². The van der Waals surface area contributed by atoms with Gasteiger partial charge in [0.1, 0.15) is 11.6 Å². The third kappa shape index (κ3) is 4.17. The topological polar surface area (TPSA) is 43.3 Å². The van der Waals surface area contributed by atoms with E-state index in [2.05, 4.69) is 23.7 Å². The molecule has 0 aliphatic heterocycles. The number of para-hydroxylation sites is 1. The van der Waals surface area contributed by atoms with Crippen molar-refractivity contribution in [2.75, 3.05) is 7.11 Å². The van der Waals surface area contributed by atoms with Crippen LogP contribution >= 0.6 is 0 Å². The van der Waals surface area contributed by atoms with Crippen molar-refractivity contribution in [3.63, 3.8) is 0 Å². The monoisotopic (exact) mass is 416 g/mol. The van der Waals surface area contributed by atoms with Crippen molar-refractivity contribution in [1.82, 2.24) is 9.88 Å². The Morgan fingerprint density at radius 3 is 2.52 bits per heavy atom. The van der Waals surface area contributed by atoms with Gasteiger partial charge in [-0.1, -0.05) is 30.3 Å². The lowest BCUT2D eigenvalue weighted by atomic mass is 10.1. The summed E-state index contributed by atoms with van der Waals surface area (Å²) in [5.74, 6) is 0.386. The highest BCUT2D eigenvalue weighted by Gasteiger charge is 2.15. The highest BCUT2D eigenvalue weighted by atomic mass is 19.1. The van der Waals surface area contributed by atoms with Crippen LogP contribution in [0.5, 0.6) is 5.75 Å². The molecule has 3 aromatic carbocycles. The Labute approximate surface area is 181 Å². The van der Waals surface area contributed by atoms with Gasteiger partial charge >= 0.3 is 0 Å². The number of hydrogen-bond donors (Lipinski definition) is 1. The number of nitrogens with zero attached hydrogens (tertiary/aromatic N) is 1. The minimum absolute atomic E-state index is 0.129. The Balaban J connectivity index is 1.58. The number of rotatable bonds is 6. The average Bonchev–Trinajstić information content (AvgIpc) is 3.03. The van der Waals surface area contributed by atoms with Crippen molar-refractivity contribution < 1.29 is 13.9 Å². The average molecular weight is 416 g/mol. The number of carbonyl (C=O) groups is 1. The Kier molecular flexibility index (Phi) is 5.76. The first-order chi connectivity index (χ1) is 15.0. The molecule has 1 N–H and O–H groups in total. The van der Waals surface area contributed by atoms with E-state index < -0.39 is 0 Å². The molecule has 1 heterocycles. The summed E-state index contributed by atoms with van der Waals surface area (Å²) in [6.07, 6.45) is 0. The van der Waals surface area contributed by atoms with Crippen LogP contribution in [0.2, 0.25) is 0 Å². The Morgan fingerprint density at radius 2 is 1.77 bits per heavy atom. The summed E-state index contributed by atoms with van der Waals surface area (Å²) < 4.78 is 20.8. The number of nitrogens with one attached hydrogen (secondary N) is 1. The van der Waals surface area contributed by atoms with Crippen LogP contribution in [0.3, 0.4) is 0 Å². The van der Waals surface area contributed by atoms with E-state index in [0.29, 0.717) is 18.7 Å². The molecule has 158 valence electrons. The molecule has 0 radical (unpaired) electrons. The second-order valence-corrected chi connectivity index (χ2v) is 7.65. The van der Waals surface area contributed by atoms with Crippen LogP contribution in [-0.4, -0.2) is 17.6 Å². The van der Waals surface area contributed by atoms with Crippen LogP contribution in [0.4, 0.5) is 4.39 Å². The van der Waals surface area contributed by atoms with Gasteiger partial charge in [-0.05, 0) is 61.4 Å². The number of carbonyl (C=O) groups excluding carboxylic acids is 1. The number of hydrogen-bond acceptors (Lipinski definition) is 2. The van der Waals surface area contributed by atoms with E-state index in [4.69, 9.17) is 4.74 Å². The maximum absolute atomic E-state index is 13.2. The zero-order chi connectivity index (χ0) is 22.0. The molecular weight excluding hydrogens is 391 g/mol. The zero-order valence-electron chi connectivity index (χ0n) is 17.9. The molecule has 1 amide bonds. The predicted octanol–water partition coefficient (Wildman–Crippen LogP) is 5.38. The third-order valence-corrected chi connectivity index (χ3v) is 5.79. The van der Waals surface area contributed by atoms with Gasteiger partial charge in [0.15, 0.2) is 0 Å². The normalized spacial score (nSPS) is 11.0. The quantitative estimate of drug-likeness (QED) is 0.458. The molecule has 4 nitrogen and oxygen atoms in total. The van der Waals surface area contributed by atoms with Gasteiger partial charge in [0.2, 0.25) is 0 Å². The molecule has 0 atom stereocenters. The molecule has 5 heteroatoms. The fraction of sp³-hybridized carbons (Fsp3) is 0.192. The van der Waals surface area contributed by atoms with Crippen molar-refractivity contribution in [1.29, 1.82) is 0 Å². The molecule has 0 saturated carbocycles. The van der Waals surface area contributed by atoms with Gasteiger partial charge in [-0.15, -0.1) is 0 Å². The van der Waals surface area contributed by atoms with Gasteiger partial charge in [-0.2, -0.15) is 0 Å². The molecule has 0 spiro atoms. The number of amides is 1. The molecular formula is C26H25FN2O2. The highest BCUT2D eigenvalue weighted by Crippen LogP contribution is 2.27. The maximum Gasteiger partial charge on any atom is 0.251 e. The summed E-state index contributed by atoms with van der Waals surface area (Å²) in [5.41, 5.74) is 5.89. The van der Waals surface area contributed by atoms with Gasteiger partial charge in [0, 0.05) is 40.8 Å². The minimum atomic E-state index is -0.238. The lowest BCUT2D eigenvalue weighted by Crippen LogP contribution is -2.23. The number of benzene rings is 3. The Hall–Kier alpha value is -3.60. The van der Waals surface area contributed by atoms with E-state index in [9.17, 15) is 9.18 Å². The predicted molar refractivity (Wildman–Crippen MR) is 121 cm³/mol. The lowest BCUT2D eigenvalue weighted by molar-refractivity contribution is 0.0951. The molecule has 4 rings (SSSR count). The molecule has 0 saturated heterocycles. The molecule has 0 bridgehead atoms. The first-order valence-corrected chi connectivity index (χ1v) is 10.2. The third-order valence-electron chi connectivity index (χ3n) is 5.79. The number of aromatic nitrogens is 1. The van der Waals surface area contributed by atoms with E-state index in [1.807, 2.05) is 42.5 Å². The van der Waals surface area contributed by atoms with Crippen molar-refractivity contribution >= 4 is 16.8 Å². The first-order valence-electron chi connectivity index (χ1n) is 10.2.